The SMILES string of the molecule is [C-]#CCOCC(OCOCCOC)=C(F)F.[Li+]. The van der Waals surface area contributed by atoms with Crippen molar-refractivity contribution in [2.75, 3.05) is 40.3 Å². The molecule has 0 aromatic rings. The van der Waals surface area contributed by atoms with Crippen molar-refractivity contribution in [1.29, 1.82) is 0 Å². The number of hydrogen-bond donors (Lipinski definition) is 0. The molecule has 0 unspecified atom stereocenters. The van der Waals surface area contributed by atoms with Crippen LogP contribution in [-0.2, 0) is 18.9 Å². The Balaban J connectivity index is 0. The molecule has 0 aliphatic rings. The predicted molar refractivity (Wildman–Crippen MR) is 51.0 cm³/mol. The van der Waals surface area contributed by atoms with Crippen LogP contribution in [0, 0.1) is 12.3 Å². The van der Waals surface area contributed by atoms with Crippen molar-refractivity contribution in [3.63, 3.8) is 0 Å². The molecule has 0 bridgehead atoms. The summed E-state index contributed by atoms with van der Waals surface area (Å²) >= 11 is 0. The normalized spacial score (nSPS) is 9.06. The van der Waals surface area contributed by atoms with E-state index in [1.54, 1.807) is 0 Å². The van der Waals surface area contributed by atoms with Crippen LogP contribution in [0.25, 0.3) is 0 Å². The van der Waals surface area contributed by atoms with Crippen molar-refractivity contribution in [2.45, 2.75) is 0 Å². The average molecular weight is 242 g/mol. The Morgan fingerprint density at radius 1 is 1.24 bits per heavy atom. The predicted octanol–water partition coefficient (Wildman–Crippen LogP) is -1.66. The van der Waals surface area contributed by atoms with E-state index in [-0.39, 0.29) is 38.9 Å². The van der Waals surface area contributed by atoms with Crippen molar-refractivity contribution < 1.29 is 46.6 Å². The second-order valence-electron chi connectivity index (χ2n) is 2.52. The Morgan fingerprint density at radius 2 is 1.94 bits per heavy atom. The van der Waals surface area contributed by atoms with Gasteiger partial charge in [-0.3, -0.25) is 0 Å². The van der Waals surface area contributed by atoms with E-state index in [1.165, 1.54) is 7.11 Å². The molecule has 0 aliphatic carbocycles. The maximum absolute atomic E-state index is 12.2. The fraction of sp³-hybridized carbons (Fsp3) is 0.600. The minimum atomic E-state index is -1.97. The molecule has 0 aromatic heterocycles. The Labute approximate surface area is 111 Å². The molecule has 0 saturated heterocycles. The first-order valence-corrected chi connectivity index (χ1v) is 4.43. The molecule has 0 atom stereocenters. The number of hydrogen-bond acceptors (Lipinski definition) is 4. The van der Waals surface area contributed by atoms with Crippen molar-refractivity contribution in [3.05, 3.63) is 18.3 Å². The van der Waals surface area contributed by atoms with Gasteiger partial charge in [0.25, 0.3) is 0 Å². The largest absolute Gasteiger partial charge is 1.00 e. The topological polar surface area (TPSA) is 36.9 Å². The number of rotatable bonds is 9. The van der Waals surface area contributed by atoms with Gasteiger partial charge in [-0.2, -0.15) is 8.78 Å². The van der Waals surface area contributed by atoms with Crippen LogP contribution in [0.3, 0.4) is 0 Å². The molecule has 0 aromatic carbocycles. The minimum absolute atomic E-state index is 0. The van der Waals surface area contributed by atoms with Crippen LogP contribution in [0.2, 0.25) is 0 Å². The zero-order valence-corrected chi connectivity index (χ0v) is 9.92. The number of ether oxygens (including phenoxy) is 4. The van der Waals surface area contributed by atoms with Crippen molar-refractivity contribution >= 4 is 0 Å². The van der Waals surface area contributed by atoms with Gasteiger partial charge in [0.2, 0.25) is 0 Å². The molecular weight excluding hydrogens is 229 g/mol. The third kappa shape index (κ3) is 11.7. The molecule has 0 N–H and O–H groups in total. The standard InChI is InChI=1S/C10H13F2O4.Li/c1-3-4-14-7-9(10(11)12)16-8-15-6-5-13-2;/h4-8H2,2H3;/q-1;+1. The van der Waals surface area contributed by atoms with E-state index in [1.807, 2.05) is 5.92 Å². The van der Waals surface area contributed by atoms with Crippen LogP contribution >= 0.6 is 0 Å². The van der Waals surface area contributed by atoms with Crippen LogP contribution < -0.4 is 18.9 Å². The molecule has 0 radical (unpaired) electrons. The van der Waals surface area contributed by atoms with Gasteiger partial charge in [0.05, 0.1) is 19.8 Å². The first-order valence-electron chi connectivity index (χ1n) is 4.43. The zero-order chi connectivity index (χ0) is 12.2. The van der Waals surface area contributed by atoms with Crippen molar-refractivity contribution in [2.24, 2.45) is 0 Å². The van der Waals surface area contributed by atoms with Crippen LogP contribution in [0.4, 0.5) is 8.78 Å². The van der Waals surface area contributed by atoms with E-state index in [0.29, 0.717) is 6.61 Å². The Hall–Kier alpha value is -0.563. The monoisotopic (exact) mass is 242 g/mol. The van der Waals surface area contributed by atoms with E-state index < -0.39 is 18.4 Å². The van der Waals surface area contributed by atoms with Crippen molar-refractivity contribution in [1.82, 2.24) is 0 Å². The average Bonchev–Trinajstić information content (AvgIpc) is 2.26. The molecule has 0 heterocycles. The smallest absolute Gasteiger partial charge is 0.691 e. The van der Waals surface area contributed by atoms with Gasteiger partial charge >= 0.3 is 24.9 Å². The Morgan fingerprint density at radius 3 is 2.47 bits per heavy atom. The second-order valence-corrected chi connectivity index (χ2v) is 2.52. The summed E-state index contributed by atoms with van der Waals surface area (Å²) in [7, 11) is 1.50. The summed E-state index contributed by atoms with van der Waals surface area (Å²) in [5, 5.41) is 0. The van der Waals surface area contributed by atoms with E-state index >= 15 is 0 Å². The zero-order valence-electron chi connectivity index (χ0n) is 9.92. The van der Waals surface area contributed by atoms with Gasteiger partial charge in [-0.15, -0.1) is 0 Å². The first-order chi connectivity index (χ1) is 7.72. The molecule has 92 valence electrons. The number of methoxy groups -OCH3 is 1. The third-order valence-electron chi connectivity index (χ3n) is 1.37. The van der Waals surface area contributed by atoms with E-state index in [4.69, 9.17) is 11.2 Å². The van der Waals surface area contributed by atoms with Gasteiger partial charge in [-0.05, 0) is 0 Å². The fourth-order valence-corrected chi connectivity index (χ4v) is 0.660. The summed E-state index contributed by atoms with van der Waals surface area (Å²) in [5.74, 6) is 1.30. The molecule has 0 aliphatic heterocycles. The van der Waals surface area contributed by atoms with Gasteiger partial charge in [0.1, 0.15) is 6.61 Å². The van der Waals surface area contributed by atoms with Gasteiger partial charge < -0.3 is 31.3 Å². The summed E-state index contributed by atoms with van der Waals surface area (Å²) in [4.78, 5) is 0. The molecule has 0 saturated carbocycles. The second kappa shape index (κ2) is 13.5. The van der Waals surface area contributed by atoms with Crippen LogP contribution in [0.1, 0.15) is 0 Å². The summed E-state index contributed by atoms with van der Waals surface area (Å²) in [5.41, 5.74) is 0. The summed E-state index contributed by atoms with van der Waals surface area (Å²) in [6.07, 6.45) is 4.54. The summed E-state index contributed by atoms with van der Waals surface area (Å²) in [6.45, 7) is -0.257. The molecule has 0 amide bonds. The molecule has 7 heteroatoms. The summed E-state index contributed by atoms with van der Waals surface area (Å²) < 4.78 is 43.3. The molecule has 17 heavy (non-hydrogen) atoms. The van der Waals surface area contributed by atoms with Crippen LogP contribution in [0.5, 0.6) is 0 Å². The fourth-order valence-electron chi connectivity index (χ4n) is 0.660. The summed E-state index contributed by atoms with van der Waals surface area (Å²) in [6, 6.07) is 0. The number of halogens is 2. The molecular formula is C10H13F2LiO4. The molecule has 0 fully saturated rings. The van der Waals surface area contributed by atoms with Crippen molar-refractivity contribution in [3.8, 4) is 5.92 Å². The van der Waals surface area contributed by atoms with E-state index in [2.05, 4.69) is 14.2 Å². The van der Waals surface area contributed by atoms with Gasteiger partial charge in [0, 0.05) is 7.11 Å². The van der Waals surface area contributed by atoms with Crippen LogP contribution in [-0.4, -0.2) is 40.3 Å². The van der Waals surface area contributed by atoms with Gasteiger partial charge in [-0.25, -0.2) is 0 Å². The van der Waals surface area contributed by atoms with E-state index in [0.717, 1.165) is 0 Å². The molecule has 4 nitrogen and oxygen atoms in total. The maximum Gasteiger partial charge on any atom is 1.00 e. The van der Waals surface area contributed by atoms with Gasteiger partial charge in [0.15, 0.2) is 12.6 Å². The first kappa shape index (κ1) is 18.8. The maximum atomic E-state index is 12.2. The Bertz CT molecular complexity index is 249. The molecule has 0 spiro atoms. The van der Waals surface area contributed by atoms with Crippen LogP contribution in [0.15, 0.2) is 11.8 Å². The van der Waals surface area contributed by atoms with Gasteiger partial charge in [-0.1, -0.05) is 0 Å². The Kier molecular flexibility index (Phi) is 14.9. The van der Waals surface area contributed by atoms with E-state index in [9.17, 15) is 8.78 Å². The molecule has 0 rings (SSSR count). The minimum Gasteiger partial charge on any atom is -0.691 e. The third-order valence-corrected chi connectivity index (χ3v) is 1.37. The quantitative estimate of drug-likeness (QED) is 0.121.